The Morgan fingerprint density at radius 3 is 2.67 bits per heavy atom. The zero-order valence-electron chi connectivity index (χ0n) is 11.4. The molecule has 0 fully saturated rings. The molecule has 1 unspecified atom stereocenters. The molecule has 4 nitrogen and oxygen atoms in total. The van der Waals surface area contributed by atoms with Gasteiger partial charge in [-0.15, -0.1) is 11.6 Å². The summed E-state index contributed by atoms with van der Waals surface area (Å²) in [7, 11) is 0. The number of hydrogen-bond acceptors (Lipinski definition) is 3. The first-order valence-corrected chi connectivity index (χ1v) is 7.32. The number of anilines is 1. The molecule has 0 bridgehead atoms. The number of hydrogen-bond donors (Lipinski definition) is 2. The number of aliphatic hydroxyl groups excluding tert-OH is 1. The number of benzene rings is 2. The minimum absolute atomic E-state index is 0.228. The standard InChI is InChI=1S/C16H16ClN3O/c17-9-14(21)10-18-12-5-7-13(8-6-12)20-11-19-15-3-1-2-4-16(15)20/h1-8,11,14,18,21H,9-10H2. The Kier molecular flexibility index (Phi) is 4.08. The molecule has 3 rings (SSSR count). The van der Waals surface area contributed by atoms with Crippen LogP contribution in [0.5, 0.6) is 0 Å². The minimum Gasteiger partial charge on any atom is -0.390 e. The van der Waals surface area contributed by atoms with Crippen LogP contribution in [0.2, 0.25) is 0 Å². The van der Waals surface area contributed by atoms with Crippen LogP contribution in [0, 0.1) is 0 Å². The summed E-state index contributed by atoms with van der Waals surface area (Å²) in [5.74, 6) is 0.228. The summed E-state index contributed by atoms with van der Waals surface area (Å²) >= 11 is 5.57. The smallest absolute Gasteiger partial charge is 0.100 e. The lowest BCUT2D eigenvalue weighted by atomic mass is 10.2. The van der Waals surface area contributed by atoms with Crippen LogP contribution in [0.4, 0.5) is 5.69 Å². The third-order valence-electron chi connectivity index (χ3n) is 3.32. The predicted octanol–water partition coefficient (Wildman–Crippen LogP) is 3.04. The lowest BCUT2D eigenvalue weighted by Crippen LogP contribution is -2.20. The van der Waals surface area contributed by atoms with Gasteiger partial charge >= 0.3 is 0 Å². The van der Waals surface area contributed by atoms with Crippen molar-refractivity contribution in [3.8, 4) is 5.69 Å². The molecule has 0 amide bonds. The third-order valence-corrected chi connectivity index (χ3v) is 3.68. The SMILES string of the molecule is OC(CCl)CNc1ccc(-n2cnc3ccccc32)cc1. The first-order valence-electron chi connectivity index (χ1n) is 6.78. The van der Waals surface area contributed by atoms with Crippen molar-refractivity contribution >= 4 is 28.3 Å². The van der Waals surface area contributed by atoms with Crippen LogP contribution in [-0.4, -0.2) is 33.2 Å². The van der Waals surface area contributed by atoms with Gasteiger partial charge in [0.1, 0.15) is 6.33 Å². The molecule has 21 heavy (non-hydrogen) atoms. The quantitative estimate of drug-likeness (QED) is 0.712. The van der Waals surface area contributed by atoms with Crippen molar-refractivity contribution in [2.24, 2.45) is 0 Å². The highest BCUT2D eigenvalue weighted by Gasteiger charge is 2.04. The predicted molar refractivity (Wildman–Crippen MR) is 86.3 cm³/mol. The van der Waals surface area contributed by atoms with E-state index in [0.29, 0.717) is 6.54 Å². The summed E-state index contributed by atoms with van der Waals surface area (Å²) in [4.78, 5) is 4.39. The number of aromatic nitrogens is 2. The van der Waals surface area contributed by atoms with Gasteiger partial charge in [0.05, 0.1) is 23.0 Å². The second-order valence-electron chi connectivity index (χ2n) is 4.84. The van der Waals surface area contributed by atoms with Crippen molar-refractivity contribution in [2.75, 3.05) is 17.7 Å². The maximum absolute atomic E-state index is 9.44. The lowest BCUT2D eigenvalue weighted by molar-refractivity contribution is 0.211. The van der Waals surface area contributed by atoms with Crippen LogP contribution >= 0.6 is 11.6 Å². The van der Waals surface area contributed by atoms with Gasteiger partial charge < -0.3 is 10.4 Å². The second-order valence-corrected chi connectivity index (χ2v) is 5.15. The highest BCUT2D eigenvalue weighted by Crippen LogP contribution is 2.19. The highest BCUT2D eigenvalue weighted by molar-refractivity contribution is 6.18. The van der Waals surface area contributed by atoms with Crippen molar-refractivity contribution < 1.29 is 5.11 Å². The van der Waals surface area contributed by atoms with Gasteiger partial charge in [0, 0.05) is 17.9 Å². The summed E-state index contributed by atoms with van der Waals surface area (Å²) in [5, 5.41) is 12.6. The molecule has 0 saturated heterocycles. The number of para-hydroxylation sites is 2. The van der Waals surface area contributed by atoms with Gasteiger partial charge in [0.2, 0.25) is 0 Å². The van der Waals surface area contributed by atoms with Gasteiger partial charge in [-0.05, 0) is 36.4 Å². The van der Waals surface area contributed by atoms with Crippen LogP contribution in [0.3, 0.4) is 0 Å². The number of nitrogens with one attached hydrogen (secondary N) is 1. The molecule has 0 saturated carbocycles. The molecule has 2 N–H and O–H groups in total. The molecule has 0 radical (unpaired) electrons. The molecule has 1 heterocycles. The van der Waals surface area contributed by atoms with Crippen LogP contribution in [0.15, 0.2) is 54.9 Å². The molecule has 108 valence electrons. The normalized spacial score (nSPS) is 12.5. The Morgan fingerprint density at radius 1 is 1.14 bits per heavy atom. The van der Waals surface area contributed by atoms with E-state index in [1.165, 1.54) is 0 Å². The van der Waals surface area contributed by atoms with Gasteiger partial charge in [-0.3, -0.25) is 4.57 Å². The molecule has 0 aliphatic heterocycles. The average molecular weight is 302 g/mol. The Labute approximate surface area is 128 Å². The summed E-state index contributed by atoms with van der Waals surface area (Å²) in [6.07, 6.45) is 1.29. The molecule has 0 aliphatic rings. The molecule has 1 atom stereocenters. The van der Waals surface area contributed by atoms with E-state index >= 15 is 0 Å². The second kappa shape index (κ2) is 6.16. The van der Waals surface area contributed by atoms with Crippen LogP contribution < -0.4 is 5.32 Å². The van der Waals surface area contributed by atoms with E-state index < -0.39 is 6.10 Å². The zero-order valence-corrected chi connectivity index (χ0v) is 12.2. The van der Waals surface area contributed by atoms with Crippen molar-refractivity contribution in [2.45, 2.75) is 6.10 Å². The van der Waals surface area contributed by atoms with Crippen molar-refractivity contribution in [1.29, 1.82) is 0 Å². The van der Waals surface area contributed by atoms with E-state index in [1.807, 2.05) is 59.4 Å². The molecule has 3 aromatic rings. The number of nitrogens with zero attached hydrogens (tertiary/aromatic N) is 2. The van der Waals surface area contributed by atoms with E-state index in [2.05, 4.69) is 10.3 Å². The number of halogens is 1. The Balaban J connectivity index is 1.81. The van der Waals surface area contributed by atoms with Crippen LogP contribution in [-0.2, 0) is 0 Å². The summed E-state index contributed by atoms with van der Waals surface area (Å²) < 4.78 is 2.05. The van der Waals surface area contributed by atoms with Crippen molar-refractivity contribution in [1.82, 2.24) is 9.55 Å². The number of aliphatic hydroxyl groups is 1. The monoisotopic (exact) mass is 301 g/mol. The fourth-order valence-corrected chi connectivity index (χ4v) is 2.30. The summed E-state index contributed by atoms with van der Waals surface area (Å²) in [6, 6.07) is 16.0. The van der Waals surface area contributed by atoms with E-state index in [4.69, 9.17) is 11.6 Å². The van der Waals surface area contributed by atoms with Gasteiger partial charge in [-0.25, -0.2) is 4.98 Å². The Bertz CT molecular complexity index is 724. The number of alkyl halides is 1. The summed E-state index contributed by atoms with van der Waals surface area (Å²) in [6.45, 7) is 0.441. The van der Waals surface area contributed by atoms with E-state index in [-0.39, 0.29) is 5.88 Å². The maximum atomic E-state index is 9.44. The van der Waals surface area contributed by atoms with Gasteiger partial charge in [-0.1, -0.05) is 12.1 Å². The molecule has 0 spiro atoms. The Hall–Kier alpha value is -2.04. The van der Waals surface area contributed by atoms with E-state index in [1.54, 1.807) is 0 Å². The number of imidazole rings is 1. The van der Waals surface area contributed by atoms with E-state index in [0.717, 1.165) is 22.4 Å². The first kappa shape index (κ1) is 13.9. The van der Waals surface area contributed by atoms with Crippen molar-refractivity contribution in [3.05, 3.63) is 54.9 Å². The average Bonchev–Trinajstić information content (AvgIpc) is 2.97. The lowest BCUT2D eigenvalue weighted by Gasteiger charge is -2.11. The molecule has 0 aliphatic carbocycles. The molecular formula is C16H16ClN3O. The number of rotatable bonds is 5. The largest absolute Gasteiger partial charge is 0.390 e. The summed E-state index contributed by atoms with van der Waals surface area (Å²) in [5.41, 5.74) is 4.06. The van der Waals surface area contributed by atoms with Gasteiger partial charge in [-0.2, -0.15) is 0 Å². The highest BCUT2D eigenvalue weighted by atomic mass is 35.5. The first-order chi connectivity index (χ1) is 10.3. The maximum Gasteiger partial charge on any atom is 0.100 e. The minimum atomic E-state index is -0.538. The Morgan fingerprint density at radius 2 is 1.90 bits per heavy atom. The molecule has 5 heteroatoms. The topological polar surface area (TPSA) is 50.1 Å². The third kappa shape index (κ3) is 3.01. The fraction of sp³-hybridized carbons (Fsp3) is 0.188. The van der Waals surface area contributed by atoms with Gasteiger partial charge in [0.25, 0.3) is 0 Å². The molecular weight excluding hydrogens is 286 g/mol. The van der Waals surface area contributed by atoms with E-state index in [9.17, 15) is 5.11 Å². The number of fused-ring (bicyclic) bond motifs is 1. The molecule has 1 aromatic heterocycles. The fourth-order valence-electron chi connectivity index (χ4n) is 2.20. The van der Waals surface area contributed by atoms with Gasteiger partial charge in [0.15, 0.2) is 0 Å². The van der Waals surface area contributed by atoms with Crippen molar-refractivity contribution in [3.63, 3.8) is 0 Å². The zero-order chi connectivity index (χ0) is 14.7. The molecule has 2 aromatic carbocycles. The van der Waals surface area contributed by atoms with Crippen LogP contribution in [0.1, 0.15) is 0 Å². The van der Waals surface area contributed by atoms with Crippen LogP contribution in [0.25, 0.3) is 16.7 Å².